The second-order valence-corrected chi connectivity index (χ2v) is 10.4. The van der Waals surface area contributed by atoms with E-state index in [4.69, 9.17) is 0 Å². The molecule has 2 aromatic rings. The fraction of sp³-hybridized carbons (Fsp3) is 0.391. The number of nitrogens with one attached hydrogen (secondary N) is 1. The van der Waals surface area contributed by atoms with Gasteiger partial charge in [0.15, 0.2) is 0 Å². The number of nitro groups is 1. The monoisotopic (exact) mass is 521 g/mol. The van der Waals surface area contributed by atoms with Crippen molar-refractivity contribution in [2.24, 2.45) is 0 Å². The van der Waals surface area contributed by atoms with Crippen molar-refractivity contribution >= 4 is 45.2 Å². The first-order valence-corrected chi connectivity index (χ1v) is 12.1. The van der Waals surface area contributed by atoms with Crippen LogP contribution in [0.1, 0.15) is 38.8 Å². The van der Waals surface area contributed by atoms with E-state index in [0.29, 0.717) is 12.3 Å². The SMILES string of the molecule is CC(C(=O)NC(C)(C)C)N(Cc1cccc(Br)c1)C(=O)CSCc1ccc([N+](=O)[O-])cc1. The number of thioether (sulfide) groups is 1. The van der Waals surface area contributed by atoms with Gasteiger partial charge in [-0.1, -0.05) is 40.2 Å². The van der Waals surface area contributed by atoms with Gasteiger partial charge in [0.25, 0.3) is 5.69 Å². The molecule has 172 valence electrons. The number of rotatable bonds is 9. The molecule has 0 aliphatic rings. The van der Waals surface area contributed by atoms with Crippen LogP contribution in [-0.2, 0) is 21.9 Å². The summed E-state index contributed by atoms with van der Waals surface area (Å²) in [5.41, 5.74) is 1.45. The van der Waals surface area contributed by atoms with Gasteiger partial charge in [-0.3, -0.25) is 19.7 Å². The molecule has 0 saturated heterocycles. The van der Waals surface area contributed by atoms with E-state index in [1.165, 1.54) is 23.9 Å². The van der Waals surface area contributed by atoms with Gasteiger partial charge < -0.3 is 10.2 Å². The molecule has 2 amide bonds. The van der Waals surface area contributed by atoms with Gasteiger partial charge in [-0.15, -0.1) is 11.8 Å². The molecule has 0 aliphatic heterocycles. The van der Waals surface area contributed by atoms with E-state index in [0.717, 1.165) is 15.6 Å². The molecule has 1 atom stereocenters. The van der Waals surface area contributed by atoms with E-state index in [1.807, 2.05) is 45.0 Å². The van der Waals surface area contributed by atoms with E-state index >= 15 is 0 Å². The lowest BCUT2D eigenvalue weighted by Crippen LogP contribution is -2.52. The molecule has 0 aliphatic carbocycles. The van der Waals surface area contributed by atoms with Crippen molar-refractivity contribution in [2.75, 3.05) is 5.75 Å². The lowest BCUT2D eigenvalue weighted by Gasteiger charge is -2.31. The molecule has 0 heterocycles. The normalized spacial score (nSPS) is 12.2. The molecule has 0 radical (unpaired) electrons. The molecule has 2 rings (SSSR count). The predicted molar refractivity (Wildman–Crippen MR) is 131 cm³/mol. The second-order valence-electron chi connectivity index (χ2n) is 8.48. The molecule has 2 aromatic carbocycles. The molecule has 0 aromatic heterocycles. The topological polar surface area (TPSA) is 92.6 Å². The summed E-state index contributed by atoms with van der Waals surface area (Å²) >= 11 is 4.86. The number of hydrogen-bond acceptors (Lipinski definition) is 5. The van der Waals surface area contributed by atoms with E-state index in [2.05, 4.69) is 21.2 Å². The Kier molecular flexibility index (Phi) is 9.27. The molecular weight excluding hydrogens is 494 g/mol. The highest BCUT2D eigenvalue weighted by Gasteiger charge is 2.28. The zero-order valence-corrected chi connectivity index (χ0v) is 21.0. The van der Waals surface area contributed by atoms with Crippen LogP contribution < -0.4 is 5.32 Å². The van der Waals surface area contributed by atoms with Gasteiger partial charge in [-0.05, 0) is 51.0 Å². The predicted octanol–water partition coefficient (Wildman–Crippen LogP) is 4.92. The van der Waals surface area contributed by atoms with Crippen LogP contribution >= 0.6 is 27.7 Å². The molecule has 7 nitrogen and oxygen atoms in total. The Hall–Kier alpha value is -2.39. The molecule has 32 heavy (non-hydrogen) atoms. The summed E-state index contributed by atoms with van der Waals surface area (Å²) < 4.78 is 0.904. The van der Waals surface area contributed by atoms with Crippen LogP contribution in [0.4, 0.5) is 5.69 Å². The van der Waals surface area contributed by atoms with Gasteiger partial charge in [0.05, 0.1) is 10.7 Å². The number of non-ortho nitro benzene ring substituents is 1. The fourth-order valence-electron chi connectivity index (χ4n) is 2.94. The Labute approximate surface area is 201 Å². The standard InChI is InChI=1S/C23H28BrN3O4S/c1-16(22(29)25-23(2,3)4)26(13-18-6-5-7-19(24)12-18)21(28)15-32-14-17-8-10-20(11-9-17)27(30)31/h5-12,16H,13-15H2,1-4H3,(H,25,29). The third kappa shape index (κ3) is 8.27. The smallest absolute Gasteiger partial charge is 0.269 e. The minimum Gasteiger partial charge on any atom is -0.350 e. The number of nitro benzene ring substituents is 1. The molecule has 0 fully saturated rings. The molecule has 0 bridgehead atoms. The largest absolute Gasteiger partial charge is 0.350 e. The van der Waals surface area contributed by atoms with Crippen LogP contribution in [0.2, 0.25) is 0 Å². The van der Waals surface area contributed by atoms with Gasteiger partial charge in [0, 0.05) is 34.4 Å². The van der Waals surface area contributed by atoms with Crippen LogP contribution in [0.25, 0.3) is 0 Å². The maximum absolute atomic E-state index is 13.1. The third-order valence-corrected chi connectivity index (χ3v) is 6.03. The number of hydrogen-bond donors (Lipinski definition) is 1. The highest BCUT2D eigenvalue weighted by atomic mass is 79.9. The minimum absolute atomic E-state index is 0.0358. The summed E-state index contributed by atoms with van der Waals surface area (Å²) in [5, 5.41) is 13.7. The zero-order chi connectivity index (χ0) is 23.9. The second kappa shape index (κ2) is 11.5. The first-order valence-electron chi connectivity index (χ1n) is 10.1. The Morgan fingerprint density at radius 2 is 1.81 bits per heavy atom. The average molecular weight is 522 g/mol. The first kappa shape index (κ1) is 25.9. The summed E-state index contributed by atoms with van der Waals surface area (Å²) in [6, 6.07) is 13.3. The highest BCUT2D eigenvalue weighted by Crippen LogP contribution is 2.20. The van der Waals surface area contributed by atoms with E-state index < -0.39 is 16.5 Å². The van der Waals surface area contributed by atoms with Gasteiger partial charge in [-0.25, -0.2) is 0 Å². The Bertz CT molecular complexity index is 960. The van der Waals surface area contributed by atoms with Crippen LogP contribution in [0.15, 0.2) is 53.0 Å². The number of benzene rings is 2. The number of amides is 2. The highest BCUT2D eigenvalue weighted by molar-refractivity contribution is 9.10. The third-order valence-electron chi connectivity index (χ3n) is 4.55. The molecule has 9 heteroatoms. The van der Waals surface area contributed by atoms with E-state index in [1.54, 1.807) is 24.0 Å². The van der Waals surface area contributed by atoms with Crippen molar-refractivity contribution in [3.05, 3.63) is 74.2 Å². The van der Waals surface area contributed by atoms with Crippen molar-refractivity contribution in [3.8, 4) is 0 Å². The first-order chi connectivity index (χ1) is 15.0. The summed E-state index contributed by atoms with van der Waals surface area (Å²) in [6.45, 7) is 7.75. The summed E-state index contributed by atoms with van der Waals surface area (Å²) in [4.78, 5) is 37.8. The van der Waals surface area contributed by atoms with Gasteiger partial charge >= 0.3 is 0 Å². The van der Waals surface area contributed by atoms with Crippen LogP contribution in [0.5, 0.6) is 0 Å². The van der Waals surface area contributed by atoms with Crippen molar-refractivity contribution in [1.82, 2.24) is 10.2 Å². The summed E-state index contributed by atoms with van der Waals surface area (Å²) in [7, 11) is 0. The number of nitrogens with zero attached hydrogens (tertiary/aromatic N) is 2. The van der Waals surface area contributed by atoms with Crippen LogP contribution in [0.3, 0.4) is 0 Å². The molecule has 0 spiro atoms. The zero-order valence-electron chi connectivity index (χ0n) is 18.6. The summed E-state index contributed by atoms with van der Waals surface area (Å²) in [6.07, 6.45) is 0. The lowest BCUT2D eigenvalue weighted by molar-refractivity contribution is -0.384. The molecule has 0 saturated carbocycles. The Morgan fingerprint density at radius 3 is 2.38 bits per heavy atom. The Balaban J connectivity index is 2.08. The number of carbonyl (C=O) groups excluding carboxylic acids is 2. The van der Waals surface area contributed by atoms with Gasteiger partial charge in [0.2, 0.25) is 11.8 Å². The van der Waals surface area contributed by atoms with Gasteiger partial charge in [-0.2, -0.15) is 0 Å². The quantitative estimate of drug-likeness (QED) is 0.373. The average Bonchev–Trinajstić information content (AvgIpc) is 2.70. The van der Waals surface area contributed by atoms with Crippen molar-refractivity contribution in [2.45, 2.75) is 51.6 Å². The maximum Gasteiger partial charge on any atom is 0.269 e. The van der Waals surface area contributed by atoms with Crippen molar-refractivity contribution in [1.29, 1.82) is 0 Å². The number of halogens is 1. The lowest BCUT2D eigenvalue weighted by atomic mass is 10.1. The van der Waals surface area contributed by atoms with Crippen LogP contribution in [0, 0.1) is 10.1 Å². The molecule has 1 unspecified atom stereocenters. The van der Waals surface area contributed by atoms with Crippen molar-refractivity contribution < 1.29 is 14.5 Å². The van der Waals surface area contributed by atoms with E-state index in [-0.39, 0.29) is 23.3 Å². The van der Waals surface area contributed by atoms with Gasteiger partial charge in [0.1, 0.15) is 6.04 Å². The summed E-state index contributed by atoms with van der Waals surface area (Å²) in [5.74, 6) is 0.379. The van der Waals surface area contributed by atoms with Crippen LogP contribution in [-0.4, -0.2) is 39.0 Å². The maximum atomic E-state index is 13.1. The molecule has 1 N–H and O–H groups in total. The fourth-order valence-corrected chi connectivity index (χ4v) is 4.26. The van der Waals surface area contributed by atoms with E-state index in [9.17, 15) is 19.7 Å². The van der Waals surface area contributed by atoms with Crippen molar-refractivity contribution in [3.63, 3.8) is 0 Å². The molecular formula is C23H28BrN3O4S. The Morgan fingerprint density at radius 1 is 1.16 bits per heavy atom. The minimum atomic E-state index is -0.638. The number of carbonyl (C=O) groups is 2.